The van der Waals surface area contributed by atoms with E-state index < -0.39 is 0 Å². The molecule has 1 aromatic carbocycles. The number of rotatable bonds is 6. The molecule has 1 aliphatic heterocycles. The molecule has 0 spiro atoms. The van der Waals surface area contributed by atoms with E-state index in [1.807, 2.05) is 0 Å². The predicted octanol–water partition coefficient (Wildman–Crippen LogP) is 3.38. The number of benzene rings is 1. The summed E-state index contributed by atoms with van der Waals surface area (Å²) in [4.78, 5) is 2.58. The molecule has 2 nitrogen and oxygen atoms in total. The van der Waals surface area contributed by atoms with Crippen LogP contribution in [0.4, 0.5) is 0 Å². The monoisotopic (exact) mass is 272 g/mol. The van der Waals surface area contributed by atoms with Crippen LogP contribution in [0, 0.1) is 5.92 Å². The minimum absolute atomic E-state index is 0.622. The van der Waals surface area contributed by atoms with Gasteiger partial charge in [0, 0.05) is 25.7 Å². The molecule has 3 rings (SSSR count). The van der Waals surface area contributed by atoms with Gasteiger partial charge in [-0.2, -0.15) is 0 Å². The summed E-state index contributed by atoms with van der Waals surface area (Å²) >= 11 is 0. The fourth-order valence-corrected chi connectivity index (χ4v) is 3.13. The molecule has 1 heterocycles. The van der Waals surface area contributed by atoms with Crippen LogP contribution in [0.5, 0.6) is 0 Å². The Morgan fingerprint density at radius 3 is 2.55 bits per heavy atom. The van der Waals surface area contributed by atoms with Gasteiger partial charge in [0.1, 0.15) is 0 Å². The number of likely N-dealkylation sites (tertiary alicyclic amines) is 1. The molecule has 1 saturated carbocycles. The van der Waals surface area contributed by atoms with E-state index in [0.29, 0.717) is 5.92 Å². The molecule has 2 atom stereocenters. The molecule has 110 valence electrons. The maximum absolute atomic E-state index is 3.62. The second-order valence-electron chi connectivity index (χ2n) is 6.95. The fraction of sp³-hybridized carbons (Fsp3) is 0.667. The SMILES string of the molecule is CC1CCN(Cc2ccc(C(C)CNC3CC3)cc2)C1. The molecule has 2 heteroatoms. The van der Waals surface area contributed by atoms with Crippen LogP contribution in [0.3, 0.4) is 0 Å². The van der Waals surface area contributed by atoms with E-state index in [2.05, 4.69) is 48.3 Å². The second kappa shape index (κ2) is 6.28. The van der Waals surface area contributed by atoms with E-state index in [1.54, 1.807) is 0 Å². The lowest BCUT2D eigenvalue weighted by atomic mass is 9.99. The van der Waals surface area contributed by atoms with Gasteiger partial charge < -0.3 is 5.32 Å². The third-order valence-electron chi connectivity index (χ3n) is 4.75. The fourth-order valence-electron chi connectivity index (χ4n) is 3.13. The summed E-state index contributed by atoms with van der Waals surface area (Å²) in [6.45, 7) is 9.46. The highest BCUT2D eigenvalue weighted by Crippen LogP contribution is 2.22. The van der Waals surface area contributed by atoms with Crippen molar-refractivity contribution in [2.75, 3.05) is 19.6 Å². The summed E-state index contributed by atoms with van der Waals surface area (Å²) in [5, 5.41) is 3.62. The summed E-state index contributed by atoms with van der Waals surface area (Å²) in [5.41, 5.74) is 2.93. The Kier molecular flexibility index (Phi) is 4.42. The molecular weight excluding hydrogens is 244 g/mol. The third-order valence-corrected chi connectivity index (χ3v) is 4.75. The average molecular weight is 272 g/mol. The highest BCUT2D eigenvalue weighted by atomic mass is 15.1. The van der Waals surface area contributed by atoms with Gasteiger partial charge in [-0.3, -0.25) is 4.90 Å². The van der Waals surface area contributed by atoms with E-state index in [-0.39, 0.29) is 0 Å². The van der Waals surface area contributed by atoms with Crippen molar-refractivity contribution in [3.8, 4) is 0 Å². The van der Waals surface area contributed by atoms with Gasteiger partial charge >= 0.3 is 0 Å². The van der Waals surface area contributed by atoms with E-state index in [9.17, 15) is 0 Å². The lowest BCUT2D eigenvalue weighted by molar-refractivity contribution is 0.320. The van der Waals surface area contributed by atoms with Crippen LogP contribution in [0.1, 0.15) is 50.2 Å². The van der Waals surface area contributed by atoms with Crippen LogP contribution in [-0.2, 0) is 6.54 Å². The summed E-state index contributed by atoms with van der Waals surface area (Å²) in [7, 11) is 0. The van der Waals surface area contributed by atoms with E-state index in [4.69, 9.17) is 0 Å². The zero-order chi connectivity index (χ0) is 13.9. The van der Waals surface area contributed by atoms with E-state index >= 15 is 0 Å². The quantitative estimate of drug-likeness (QED) is 0.854. The molecule has 20 heavy (non-hydrogen) atoms. The molecule has 0 radical (unpaired) electrons. The zero-order valence-corrected chi connectivity index (χ0v) is 12.9. The summed E-state index contributed by atoms with van der Waals surface area (Å²) in [5.74, 6) is 1.50. The van der Waals surface area contributed by atoms with Crippen molar-refractivity contribution in [2.24, 2.45) is 5.92 Å². The smallest absolute Gasteiger partial charge is 0.0233 e. The van der Waals surface area contributed by atoms with Crippen molar-refractivity contribution in [3.05, 3.63) is 35.4 Å². The van der Waals surface area contributed by atoms with Gasteiger partial charge in [0.25, 0.3) is 0 Å². The van der Waals surface area contributed by atoms with Crippen molar-refractivity contribution in [1.29, 1.82) is 0 Å². The summed E-state index contributed by atoms with van der Waals surface area (Å²) < 4.78 is 0. The van der Waals surface area contributed by atoms with Crippen LogP contribution >= 0.6 is 0 Å². The Morgan fingerprint density at radius 2 is 1.95 bits per heavy atom. The van der Waals surface area contributed by atoms with Gasteiger partial charge in [-0.15, -0.1) is 0 Å². The van der Waals surface area contributed by atoms with Crippen molar-refractivity contribution in [3.63, 3.8) is 0 Å². The number of nitrogens with zero attached hydrogens (tertiary/aromatic N) is 1. The Balaban J connectivity index is 1.50. The van der Waals surface area contributed by atoms with Crippen LogP contribution < -0.4 is 5.32 Å². The first-order valence-electron chi connectivity index (χ1n) is 8.25. The van der Waals surface area contributed by atoms with Crippen LogP contribution in [0.2, 0.25) is 0 Å². The molecule has 1 aliphatic carbocycles. The lowest BCUT2D eigenvalue weighted by Crippen LogP contribution is -2.22. The number of hydrogen-bond acceptors (Lipinski definition) is 2. The first-order valence-corrected chi connectivity index (χ1v) is 8.25. The van der Waals surface area contributed by atoms with Crippen molar-refractivity contribution in [1.82, 2.24) is 10.2 Å². The Morgan fingerprint density at radius 1 is 1.20 bits per heavy atom. The van der Waals surface area contributed by atoms with Crippen LogP contribution in [0.15, 0.2) is 24.3 Å². The summed E-state index contributed by atoms with van der Waals surface area (Å²) in [6.07, 6.45) is 4.11. The van der Waals surface area contributed by atoms with Crippen molar-refractivity contribution < 1.29 is 0 Å². The lowest BCUT2D eigenvalue weighted by Gasteiger charge is -2.17. The zero-order valence-electron chi connectivity index (χ0n) is 12.9. The normalized spacial score (nSPS) is 25.0. The molecular formula is C18H28N2. The molecule has 2 fully saturated rings. The number of hydrogen-bond donors (Lipinski definition) is 1. The Labute approximate surface area is 123 Å². The first kappa shape index (κ1) is 14.1. The molecule has 2 unspecified atom stereocenters. The average Bonchev–Trinajstić information content (AvgIpc) is 3.20. The maximum atomic E-state index is 3.62. The van der Waals surface area contributed by atoms with Gasteiger partial charge in [-0.1, -0.05) is 38.1 Å². The third kappa shape index (κ3) is 3.83. The van der Waals surface area contributed by atoms with Gasteiger partial charge in [-0.25, -0.2) is 0 Å². The maximum Gasteiger partial charge on any atom is 0.0233 e. The van der Waals surface area contributed by atoms with Gasteiger partial charge in [-0.05, 0) is 48.8 Å². The van der Waals surface area contributed by atoms with E-state index in [0.717, 1.165) is 25.0 Å². The topological polar surface area (TPSA) is 15.3 Å². The van der Waals surface area contributed by atoms with Crippen LogP contribution in [-0.4, -0.2) is 30.6 Å². The highest BCUT2D eigenvalue weighted by molar-refractivity contribution is 5.25. The second-order valence-corrected chi connectivity index (χ2v) is 6.95. The molecule has 0 aromatic heterocycles. The Hall–Kier alpha value is -0.860. The minimum Gasteiger partial charge on any atom is -0.313 e. The molecule has 1 saturated heterocycles. The summed E-state index contributed by atoms with van der Waals surface area (Å²) in [6, 6.07) is 10.1. The van der Waals surface area contributed by atoms with E-state index in [1.165, 1.54) is 43.5 Å². The number of nitrogens with one attached hydrogen (secondary N) is 1. The predicted molar refractivity (Wildman–Crippen MR) is 84.9 cm³/mol. The Bertz CT molecular complexity index is 422. The highest BCUT2D eigenvalue weighted by Gasteiger charge is 2.21. The molecule has 1 N–H and O–H groups in total. The van der Waals surface area contributed by atoms with Crippen molar-refractivity contribution >= 4 is 0 Å². The first-order chi connectivity index (χ1) is 9.70. The molecule has 0 bridgehead atoms. The van der Waals surface area contributed by atoms with Gasteiger partial charge in [0.2, 0.25) is 0 Å². The largest absolute Gasteiger partial charge is 0.313 e. The molecule has 2 aliphatic rings. The molecule has 1 aromatic rings. The van der Waals surface area contributed by atoms with Gasteiger partial charge in [0.05, 0.1) is 0 Å². The minimum atomic E-state index is 0.622. The van der Waals surface area contributed by atoms with Crippen LogP contribution in [0.25, 0.3) is 0 Å². The van der Waals surface area contributed by atoms with Gasteiger partial charge in [0.15, 0.2) is 0 Å². The standard InChI is InChI=1S/C18H28N2/c1-14-9-10-20(12-14)13-16-3-5-17(6-4-16)15(2)11-19-18-7-8-18/h3-6,14-15,18-19H,7-13H2,1-2H3. The molecule has 0 amide bonds. The van der Waals surface area contributed by atoms with Crippen molar-refractivity contribution in [2.45, 2.75) is 51.6 Å².